The van der Waals surface area contributed by atoms with Crippen LogP contribution in [0.15, 0.2) is 24.3 Å². The molecule has 2 aliphatic rings. The van der Waals surface area contributed by atoms with Crippen molar-refractivity contribution in [2.75, 3.05) is 44.3 Å². The van der Waals surface area contributed by atoms with Crippen LogP contribution in [0.3, 0.4) is 0 Å². The smallest absolute Gasteiger partial charge is 0.239 e. The fraction of sp³-hybridized carbons (Fsp3) is 0.586. The van der Waals surface area contributed by atoms with Gasteiger partial charge in [0.15, 0.2) is 17.0 Å². The predicted octanol–water partition coefficient (Wildman–Crippen LogP) is 2.45. The number of aliphatic hydroxyl groups excluding tert-OH is 1. The summed E-state index contributed by atoms with van der Waals surface area (Å²) in [5, 5.41) is 20.7. The van der Waals surface area contributed by atoms with Gasteiger partial charge in [0.25, 0.3) is 0 Å². The summed E-state index contributed by atoms with van der Waals surface area (Å²) < 4.78 is 9.70. The summed E-state index contributed by atoms with van der Waals surface area (Å²) in [6.45, 7) is 10.9. The topological polar surface area (TPSA) is 118 Å². The lowest BCUT2D eigenvalue weighted by molar-refractivity contribution is -0.0139. The lowest BCUT2D eigenvalue weighted by Crippen LogP contribution is -2.41. The molecule has 1 aromatic carbocycles. The molecule has 3 aromatic heterocycles. The van der Waals surface area contributed by atoms with Gasteiger partial charge < -0.3 is 24.4 Å². The van der Waals surface area contributed by atoms with E-state index in [-0.39, 0.29) is 0 Å². The average Bonchev–Trinajstić information content (AvgIpc) is 3.44. The van der Waals surface area contributed by atoms with E-state index in [9.17, 15) is 10.2 Å². The normalized spacial score (nSPS) is 18.7. The Labute approximate surface area is 234 Å². The summed E-state index contributed by atoms with van der Waals surface area (Å²) >= 11 is 0. The molecular weight excluding hydrogens is 508 g/mol. The number of likely N-dealkylation sites (tertiary alicyclic amines) is 1. The number of anilines is 1. The van der Waals surface area contributed by atoms with Crippen molar-refractivity contribution in [3.05, 3.63) is 35.9 Å². The second-order valence-electron chi connectivity index (χ2n) is 11.8. The zero-order chi connectivity index (χ0) is 28.0. The van der Waals surface area contributed by atoms with Crippen LogP contribution in [0.1, 0.15) is 45.3 Å². The Kier molecular flexibility index (Phi) is 7.24. The van der Waals surface area contributed by atoms with Crippen LogP contribution in [-0.4, -0.2) is 95.3 Å². The Morgan fingerprint density at radius 3 is 2.42 bits per heavy atom. The van der Waals surface area contributed by atoms with Gasteiger partial charge in [-0.15, -0.1) is 0 Å². The van der Waals surface area contributed by atoms with E-state index in [4.69, 9.17) is 24.7 Å². The number of aliphatic hydroxyl groups is 2. The highest BCUT2D eigenvalue weighted by atomic mass is 16.5. The predicted molar refractivity (Wildman–Crippen MR) is 154 cm³/mol. The van der Waals surface area contributed by atoms with Gasteiger partial charge in [-0.1, -0.05) is 12.1 Å². The number of hydrogen-bond donors (Lipinski definition) is 2. The molecule has 0 radical (unpaired) electrons. The van der Waals surface area contributed by atoms with Gasteiger partial charge in [-0.2, -0.15) is 9.97 Å². The van der Waals surface area contributed by atoms with Gasteiger partial charge in [-0.3, -0.25) is 9.47 Å². The molecule has 1 atom stereocenters. The third-order valence-corrected chi connectivity index (χ3v) is 8.35. The summed E-state index contributed by atoms with van der Waals surface area (Å²) in [7, 11) is 2.02. The maximum atomic E-state index is 10.5. The lowest BCUT2D eigenvalue weighted by atomic mass is 9.83. The molecule has 2 saturated heterocycles. The molecule has 214 valence electrons. The highest BCUT2D eigenvalue weighted by molar-refractivity contribution is 5.86. The number of aromatic nitrogens is 6. The van der Waals surface area contributed by atoms with Crippen molar-refractivity contribution in [2.45, 2.75) is 58.3 Å². The van der Waals surface area contributed by atoms with E-state index in [1.807, 2.05) is 49.7 Å². The number of ether oxygens (including phenoxy) is 1. The maximum Gasteiger partial charge on any atom is 0.239 e. The van der Waals surface area contributed by atoms with E-state index in [0.29, 0.717) is 38.0 Å². The Balaban J connectivity index is 1.43. The van der Waals surface area contributed by atoms with Crippen LogP contribution in [0.2, 0.25) is 0 Å². The van der Waals surface area contributed by atoms with Gasteiger partial charge in [-0.25, -0.2) is 9.97 Å². The first-order chi connectivity index (χ1) is 19.2. The molecule has 5 heterocycles. The van der Waals surface area contributed by atoms with E-state index < -0.39 is 11.7 Å². The summed E-state index contributed by atoms with van der Waals surface area (Å²) in [6.07, 6.45) is 1.77. The van der Waals surface area contributed by atoms with Gasteiger partial charge in [-0.05, 0) is 64.8 Å². The molecule has 2 N–H and O–H groups in total. The summed E-state index contributed by atoms with van der Waals surface area (Å²) in [5.74, 6) is 3.30. The van der Waals surface area contributed by atoms with E-state index in [1.54, 1.807) is 6.92 Å². The van der Waals surface area contributed by atoms with Crippen molar-refractivity contribution < 1.29 is 14.9 Å². The SMILES string of the molecule is CC(O)Cc1nc2ccccc2n1-c1nc(N2CCOCC2)c2nc(CN3CCC(C(C)(C)O)CC3)n(C)c2n1. The summed E-state index contributed by atoms with van der Waals surface area (Å²) in [5.41, 5.74) is 2.66. The molecule has 2 fully saturated rings. The van der Waals surface area contributed by atoms with Crippen LogP contribution in [0.5, 0.6) is 0 Å². The number of fused-ring (bicyclic) bond motifs is 2. The van der Waals surface area contributed by atoms with Crippen LogP contribution >= 0.6 is 0 Å². The van der Waals surface area contributed by atoms with E-state index in [2.05, 4.69) is 14.4 Å². The van der Waals surface area contributed by atoms with Crippen LogP contribution in [0, 0.1) is 5.92 Å². The Hall–Kier alpha value is -3.12. The summed E-state index contributed by atoms with van der Waals surface area (Å²) in [4.78, 5) is 24.7. The van der Waals surface area contributed by atoms with Crippen molar-refractivity contribution >= 4 is 28.0 Å². The van der Waals surface area contributed by atoms with E-state index in [1.165, 1.54) is 0 Å². The number of benzene rings is 1. The molecule has 0 bridgehead atoms. The maximum absolute atomic E-state index is 10.5. The molecule has 0 amide bonds. The quantitative estimate of drug-likeness (QED) is 0.359. The second kappa shape index (κ2) is 10.7. The summed E-state index contributed by atoms with van der Waals surface area (Å²) in [6, 6.07) is 7.94. The molecule has 4 aromatic rings. The van der Waals surface area contributed by atoms with Crippen molar-refractivity contribution in [1.82, 2.24) is 34.0 Å². The first-order valence-corrected chi connectivity index (χ1v) is 14.3. The molecule has 2 aliphatic heterocycles. The molecular formula is C29H40N8O3. The van der Waals surface area contributed by atoms with E-state index in [0.717, 1.165) is 78.7 Å². The lowest BCUT2D eigenvalue weighted by Gasteiger charge is -2.37. The minimum atomic E-state index is -0.646. The number of morpholine rings is 1. The highest BCUT2D eigenvalue weighted by Gasteiger charge is 2.31. The first kappa shape index (κ1) is 27.1. The van der Waals surface area contributed by atoms with Crippen molar-refractivity contribution in [1.29, 1.82) is 0 Å². The minimum Gasteiger partial charge on any atom is -0.393 e. The largest absolute Gasteiger partial charge is 0.393 e. The standard InChI is InChI=1S/C29H40N8O3/c1-19(38)17-23-30-21-7-5-6-8-22(21)37(23)28-32-26-25(27(33-28)36-13-15-40-16-14-36)31-24(34(26)4)18-35-11-9-20(10-12-35)29(2,3)39/h5-8,19-20,38-39H,9-18H2,1-4H3. The van der Waals surface area contributed by atoms with Gasteiger partial charge in [0, 0.05) is 26.6 Å². The number of nitrogens with zero attached hydrogens (tertiary/aromatic N) is 8. The van der Waals surface area contributed by atoms with Crippen LogP contribution in [0.25, 0.3) is 28.1 Å². The number of aryl methyl sites for hydroxylation is 1. The fourth-order valence-corrected chi connectivity index (χ4v) is 6.02. The molecule has 1 unspecified atom stereocenters. The third kappa shape index (κ3) is 5.18. The first-order valence-electron chi connectivity index (χ1n) is 14.3. The highest BCUT2D eigenvalue weighted by Crippen LogP contribution is 2.31. The molecule has 0 aliphatic carbocycles. The van der Waals surface area contributed by atoms with Crippen LogP contribution in [0.4, 0.5) is 5.82 Å². The number of hydrogen-bond acceptors (Lipinski definition) is 9. The van der Waals surface area contributed by atoms with Crippen molar-refractivity contribution in [3.8, 4) is 5.95 Å². The number of piperidine rings is 1. The molecule has 0 saturated carbocycles. The van der Waals surface area contributed by atoms with Gasteiger partial charge in [0.05, 0.1) is 42.5 Å². The Bertz CT molecular complexity index is 1490. The zero-order valence-corrected chi connectivity index (χ0v) is 23.9. The molecule has 6 rings (SSSR count). The van der Waals surface area contributed by atoms with Gasteiger partial charge >= 0.3 is 0 Å². The number of imidazole rings is 2. The average molecular weight is 549 g/mol. The second-order valence-corrected chi connectivity index (χ2v) is 11.8. The van der Waals surface area contributed by atoms with Crippen molar-refractivity contribution in [3.63, 3.8) is 0 Å². The Morgan fingerprint density at radius 1 is 1.00 bits per heavy atom. The Morgan fingerprint density at radius 2 is 1.73 bits per heavy atom. The molecule has 0 spiro atoms. The molecule has 11 nitrogen and oxygen atoms in total. The van der Waals surface area contributed by atoms with E-state index >= 15 is 0 Å². The minimum absolute atomic E-state index is 0.311. The van der Waals surface area contributed by atoms with Gasteiger partial charge in [0.2, 0.25) is 5.95 Å². The van der Waals surface area contributed by atoms with Crippen molar-refractivity contribution in [2.24, 2.45) is 13.0 Å². The van der Waals surface area contributed by atoms with Gasteiger partial charge in [0.1, 0.15) is 11.6 Å². The zero-order valence-electron chi connectivity index (χ0n) is 23.9. The monoisotopic (exact) mass is 548 g/mol. The third-order valence-electron chi connectivity index (χ3n) is 8.35. The number of rotatable bonds is 7. The van der Waals surface area contributed by atoms with Crippen LogP contribution < -0.4 is 4.90 Å². The molecule has 40 heavy (non-hydrogen) atoms. The van der Waals surface area contributed by atoms with Crippen LogP contribution in [-0.2, 0) is 24.8 Å². The molecule has 11 heteroatoms. The number of para-hydroxylation sites is 2. The fourth-order valence-electron chi connectivity index (χ4n) is 6.02.